The summed E-state index contributed by atoms with van der Waals surface area (Å²) in [6, 6.07) is 11.7. The molecule has 1 fully saturated rings. The molecule has 1 aliphatic heterocycles. The molecule has 0 bridgehead atoms. The number of aromatic nitrogens is 2. The molecule has 0 saturated carbocycles. The quantitative estimate of drug-likeness (QED) is 0.744. The lowest BCUT2D eigenvalue weighted by Gasteiger charge is -2.10. The molecule has 0 aliphatic carbocycles. The third-order valence-electron chi connectivity index (χ3n) is 3.68. The summed E-state index contributed by atoms with van der Waals surface area (Å²) in [5.41, 5.74) is 1.83. The molecule has 2 heterocycles. The minimum Gasteiger partial charge on any atom is -0.376 e. The van der Waals surface area contributed by atoms with E-state index in [2.05, 4.69) is 31.4 Å². The van der Waals surface area contributed by atoms with Crippen molar-refractivity contribution in [3.8, 4) is 11.3 Å². The first-order valence-electron chi connectivity index (χ1n) is 7.81. The van der Waals surface area contributed by atoms with Crippen molar-refractivity contribution in [2.75, 3.05) is 18.9 Å². The highest BCUT2D eigenvalue weighted by Crippen LogP contribution is 2.21. The van der Waals surface area contributed by atoms with E-state index >= 15 is 0 Å². The van der Waals surface area contributed by atoms with Crippen LogP contribution in [0.5, 0.6) is 0 Å². The molecule has 1 aliphatic rings. The third-order valence-corrected chi connectivity index (χ3v) is 5.13. The van der Waals surface area contributed by atoms with Crippen molar-refractivity contribution in [1.82, 2.24) is 15.5 Å². The van der Waals surface area contributed by atoms with Gasteiger partial charge >= 0.3 is 0 Å². The molecule has 5 nitrogen and oxygen atoms in total. The highest BCUT2D eigenvalue weighted by molar-refractivity contribution is 9.10. The monoisotopic (exact) mass is 407 g/mol. The molecular formula is C17H18BrN3O2S. The molecule has 1 saturated heterocycles. The lowest BCUT2D eigenvalue weighted by molar-refractivity contribution is -0.119. The summed E-state index contributed by atoms with van der Waals surface area (Å²) in [5.74, 6) is 0.327. The molecule has 0 spiro atoms. The Kier molecular flexibility index (Phi) is 6.23. The van der Waals surface area contributed by atoms with Gasteiger partial charge in [-0.05, 0) is 37.1 Å². The van der Waals surface area contributed by atoms with Gasteiger partial charge < -0.3 is 10.1 Å². The van der Waals surface area contributed by atoms with Crippen LogP contribution in [0.15, 0.2) is 45.9 Å². The van der Waals surface area contributed by atoms with Crippen LogP contribution in [-0.4, -0.2) is 41.1 Å². The number of ether oxygens (including phenoxy) is 1. The predicted octanol–water partition coefficient (Wildman–Crippen LogP) is 3.29. The first-order chi connectivity index (χ1) is 11.7. The molecule has 126 valence electrons. The summed E-state index contributed by atoms with van der Waals surface area (Å²) in [5, 5.41) is 12.1. The van der Waals surface area contributed by atoms with Crippen LogP contribution >= 0.6 is 27.7 Å². The number of thioether (sulfide) groups is 1. The minimum atomic E-state index is -0.00529. The fourth-order valence-electron chi connectivity index (χ4n) is 2.40. The van der Waals surface area contributed by atoms with Gasteiger partial charge in [0.1, 0.15) is 5.03 Å². The van der Waals surface area contributed by atoms with Gasteiger partial charge in [0.2, 0.25) is 5.91 Å². The number of carbonyl (C=O) groups is 1. The van der Waals surface area contributed by atoms with E-state index in [0.717, 1.165) is 40.2 Å². The van der Waals surface area contributed by atoms with Crippen molar-refractivity contribution in [1.29, 1.82) is 0 Å². The topological polar surface area (TPSA) is 64.1 Å². The van der Waals surface area contributed by atoms with Gasteiger partial charge in [0.15, 0.2) is 0 Å². The number of hydrogen-bond acceptors (Lipinski definition) is 5. The van der Waals surface area contributed by atoms with E-state index in [4.69, 9.17) is 4.74 Å². The van der Waals surface area contributed by atoms with Gasteiger partial charge in [0, 0.05) is 23.2 Å². The van der Waals surface area contributed by atoms with Gasteiger partial charge in [-0.1, -0.05) is 39.8 Å². The zero-order valence-corrected chi connectivity index (χ0v) is 15.5. The first kappa shape index (κ1) is 17.4. The van der Waals surface area contributed by atoms with Crippen LogP contribution in [0.25, 0.3) is 11.3 Å². The number of halogens is 1. The summed E-state index contributed by atoms with van der Waals surface area (Å²) in [4.78, 5) is 11.9. The Morgan fingerprint density at radius 1 is 1.25 bits per heavy atom. The predicted molar refractivity (Wildman–Crippen MR) is 97.9 cm³/mol. The Labute approximate surface area is 153 Å². The summed E-state index contributed by atoms with van der Waals surface area (Å²) in [6.45, 7) is 1.39. The molecule has 1 aromatic heterocycles. The number of rotatable bonds is 6. The van der Waals surface area contributed by atoms with Crippen molar-refractivity contribution < 1.29 is 9.53 Å². The van der Waals surface area contributed by atoms with Crippen LogP contribution in [0, 0.1) is 0 Å². The maximum Gasteiger partial charge on any atom is 0.230 e. The summed E-state index contributed by atoms with van der Waals surface area (Å²) >= 11 is 4.80. The van der Waals surface area contributed by atoms with Gasteiger partial charge in [0.25, 0.3) is 0 Å². The molecule has 0 unspecified atom stereocenters. The lowest BCUT2D eigenvalue weighted by Crippen LogP contribution is -2.32. The zero-order valence-electron chi connectivity index (χ0n) is 13.1. The highest BCUT2D eigenvalue weighted by Gasteiger charge is 2.16. The van der Waals surface area contributed by atoms with Crippen molar-refractivity contribution in [3.05, 3.63) is 40.9 Å². The van der Waals surface area contributed by atoms with Crippen molar-refractivity contribution in [2.45, 2.75) is 24.0 Å². The second-order valence-corrected chi connectivity index (χ2v) is 7.40. The molecule has 0 radical (unpaired) electrons. The van der Waals surface area contributed by atoms with Gasteiger partial charge in [-0.25, -0.2) is 0 Å². The first-order valence-corrected chi connectivity index (χ1v) is 9.59. The highest BCUT2D eigenvalue weighted by atomic mass is 79.9. The summed E-state index contributed by atoms with van der Waals surface area (Å²) in [6.07, 6.45) is 2.27. The molecular weight excluding hydrogens is 390 g/mol. The van der Waals surface area contributed by atoms with Crippen molar-refractivity contribution in [2.24, 2.45) is 0 Å². The smallest absolute Gasteiger partial charge is 0.230 e. The molecule has 1 atom stereocenters. The average molecular weight is 408 g/mol. The van der Waals surface area contributed by atoms with Gasteiger partial charge in [-0.2, -0.15) is 0 Å². The normalized spacial score (nSPS) is 17.0. The molecule has 3 rings (SSSR count). The molecule has 24 heavy (non-hydrogen) atoms. The number of nitrogens with zero attached hydrogens (tertiary/aromatic N) is 2. The summed E-state index contributed by atoms with van der Waals surface area (Å²) < 4.78 is 6.51. The van der Waals surface area contributed by atoms with Crippen LogP contribution in [0.1, 0.15) is 12.8 Å². The van der Waals surface area contributed by atoms with E-state index in [0.29, 0.717) is 12.3 Å². The number of amides is 1. The van der Waals surface area contributed by atoms with Crippen LogP contribution in [-0.2, 0) is 9.53 Å². The lowest BCUT2D eigenvalue weighted by atomic mass is 10.1. The van der Waals surface area contributed by atoms with E-state index in [-0.39, 0.29) is 12.0 Å². The Balaban J connectivity index is 1.47. The van der Waals surface area contributed by atoms with E-state index in [1.54, 1.807) is 0 Å². The number of benzene rings is 1. The maximum absolute atomic E-state index is 11.9. The Bertz CT molecular complexity index is 673. The van der Waals surface area contributed by atoms with E-state index in [1.807, 2.05) is 36.4 Å². The molecule has 1 amide bonds. The summed E-state index contributed by atoms with van der Waals surface area (Å²) in [7, 11) is 0. The van der Waals surface area contributed by atoms with Crippen molar-refractivity contribution >= 4 is 33.6 Å². The standard InChI is InChI=1S/C17H18BrN3O2S/c18-13-5-3-12(4-6-13)15-7-8-17(21-20-15)24-11-16(22)19-10-14-2-1-9-23-14/h3-8,14H,1-2,9-11H2,(H,19,22)/t14-/m1/s1. The Hall–Kier alpha value is -1.44. The van der Waals surface area contributed by atoms with Crippen LogP contribution in [0.3, 0.4) is 0 Å². The van der Waals surface area contributed by atoms with Gasteiger partial charge in [0.05, 0.1) is 17.6 Å². The number of carbonyl (C=O) groups excluding carboxylic acids is 1. The fourth-order valence-corrected chi connectivity index (χ4v) is 3.30. The van der Waals surface area contributed by atoms with Gasteiger partial charge in [-0.15, -0.1) is 10.2 Å². The van der Waals surface area contributed by atoms with Crippen LogP contribution in [0.4, 0.5) is 0 Å². The second-order valence-electron chi connectivity index (χ2n) is 5.49. The van der Waals surface area contributed by atoms with E-state index < -0.39 is 0 Å². The average Bonchev–Trinajstić information content (AvgIpc) is 3.13. The SMILES string of the molecule is O=C(CSc1ccc(-c2ccc(Br)cc2)nn1)NC[C@H]1CCCO1. The number of hydrogen-bond donors (Lipinski definition) is 1. The Morgan fingerprint density at radius 3 is 2.75 bits per heavy atom. The number of nitrogens with one attached hydrogen (secondary N) is 1. The zero-order chi connectivity index (χ0) is 16.8. The van der Waals surface area contributed by atoms with Crippen molar-refractivity contribution in [3.63, 3.8) is 0 Å². The van der Waals surface area contributed by atoms with Crippen LogP contribution < -0.4 is 5.32 Å². The van der Waals surface area contributed by atoms with E-state index in [1.165, 1.54) is 11.8 Å². The van der Waals surface area contributed by atoms with E-state index in [9.17, 15) is 4.79 Å². The fraction of sp³-hybridized carbons (Fsp3) is 0.353. The Morgan fingerprint density at radius 2 is 2.08 bits per heavy atom. The molecule has 7 heteroatoms. The largest absolute Gasteiger partial charge is 0.376 e. The molecule has 1 N–H and O–H groups in total. The molecule has 1 aromatic carbocycles. The molecule has 2 aromatic rings. The second kappa shape index (κ2) is 8.60. The third kappa shape index (κ3) is 5.03. The minimum absolute atomic E-state index is 0.00529. The van der Waals surface area contributed by atoms with Gasteiger partial charge in [-0.3, -0.25) is 4.79 Å². The maximum atomic E-state index is 11.9. The van der Waals surface area contributed by atoms with Crippen LogP contribution in [0.2, 0.25) is 0 Å².